The summed E-state index contributed by atoms with van der Waals surface area (Å²) in [6.07, 6.45) is 0.578. The number of aromatic amines is 1. The van der Waals surface area contributed by atoms with Crippen molar-refractivity contribution in [3.05, 3.63) is 141 Å². The number of aromatic nitrogens is 2. The van der Waals surface area contributed by atoms with Crippen molar-refractivity contribution in [1.82, 2.24) is 9.55 Å². The summed E-state index contributed by atoms with van der Waals surface area (Å²) in [7, 11) is -2.23. The monoisotopic (exact) mass is 584 g/mol. The average Bonchev–Trinajstić information content (AvgIpc) is 3.36. The highest BCUT2D eigenvalue weighted by Gasteiger charge is 2.47. The number of benzene rings is 3. The van der Waals surface area contributed by atoms with E-state index in [2.05, 4.69) is 75.2 Å². The van der Waals surface area contributed by atoms with Crippen molar-refractivity contribution in [1.29, 1.82) is 0 Å². The molecular formula is C34H40N2O5Si. The van der Waals surface area contributed by atoms with Crippen LogP contribution in [-0.2, 0) is 19.5 Å². The smallest absolute Gasteiger partial charge is 0.330 e. The van der Waals surface area contributed by atoms with Gasteiger partial charge in [-0.05, 0) is 34.8 Å². The molecular weight excluding hydrogens is 544 g/mol. The quantitative estimate of drug-likeness (QED) is 0.187. The molecule has 0 bridgehead atoms. The predicted octanol–water partition coefficient (Wildman–Crippen LogP) is 6.22. The molecule has 0 unspecified atom stereocenters. The van der Waals surface area contributed by atoms with Crippen molar-refractivity contribution < 1.29 is 13.9 Å². The fourth-order valence-electron chi connectivity index (χ4n) is 5.34. The maximum Gasteiger partial charge on any atom is 0.330 e. The van der Waals surface area contributed by atoms with Crippen LogP contribution in [0.2, 0.25) is 18.1 Å². The molecule has 7 nitrogen and oxygen atoms in total. The predicted molar refractivity (Wildman–Crippen MR) is 167 cm³/mol. The lowest BCUT2D eigenvalue weighted by Gasteiger charge is -2.39. The van der Waals surface area contributed by atoms with Crippen molar-refractivity contribution in [3.63, 3.8) is 0 Å². The maximum atomic E-state index is 12.9. The topological polar surface area (TPSA) is 82.6 Å². The van der Waals surface area contributed by atoms with E-state index >= 15 is 0 Å². The van der Waals surface area contributed by atoms with Gasteiger partial charge in [0.05, 0.1) is 18.8 Å². The maximum absolute atomic E-state index is 12.9. The van der Waals surface area contributed by atoms with Gasteiger partial charge in [0.25, 0.3) is 5.56 Å². The van der Waals surface area contributed by atoms with Crippen LogP contribution in [0.3, 0.4) is 0 Å². The molecule has 1 fully saturated rings. The van der Waals surface area contributed by atoms with E-state index in [-0.39, 0.29) is 23.9 Å². The van der Waals surface area contributed by atoms with E-state index in [0.717, 1.165) is 16.7 Å². The van der Waals surface area contributed by atoms with E-state index in [4.69, 9.17) is 13.9 Å². The first-order valence-electron chi connectivity index (χ1n) is 14.5. The summed E-state index contributed by atoms with van der Waals surface area (Å²) in [6.45, 7) is 11.2. The molecule has 1 aliphatic rings. The minimum atomic E-state index is -2.23. The number of hydrogen-bond acceptors (Lipinski definition) is 5. The fraction of sp³-hybridized carbons (Fsp3) is 0.353. The van der Waals surface area contributed by atoms with E-state index in [1.807, 2.05) is 54.6 Å². The van der Waals surface area contributed by atoms with Gasteiger partial charge in [0.15, 0.2) is 14.5 Å². The zero-order valence-electron chi connectivity index (χ0n) is 24.9. The molecule has 0 saturated carbocycles. The SMILES string of the molecule is CC(C)(C)[Si](C)(C)O[C@H]1C[C@@H](COC(c2ccccc2)(c2ccccc2)c2ccccc2)O[C@H]1n1ccc(=O)[nH]c1=O. The van der Waals surface area contributed by atoms with Gasteiger partial charge in [0, 0.05) is 18.7 Å². The molecule has 1 aromatic heterocycles. The van der Waals surface area contributed by atoms with Gasteiger partial charge in [-0.15, -0.1) is 0 Å². The van der Waals surface area contributed by atoms with Crippen molar-refractivity contribution in [3.8, 4) is 0 Å². The van der Waals surface area contributed by atoms with E-state index in [1.54, 1.807) is 0 Å². The molecule has 1 N–H and O–H groups in total. The van der Waals surface area contributed by atoms with Gasteiger partial charge < -0.3 is 13.9 Å². The van der Waals surface area contributed by atoms with Crippen LogP contribution in [0.5, 0.6) is 0 Å². The summed E-state index contributed by atoms with van der Waals surface area (Å²) in [4.78, 5) is 27.1. The van der Waals surface area contributed by atoms with Gasteiger partial charge in [0.2, 0.25) is 0 Å². The second-order valence-electron chi connectivity index (χ2n) is 12.4. The van der Waals surface area contributed by atoms with Crippen LogP contribution < -0.4 is 11.2 Å². The first-order chi connectivity index (χ1) is 20.0. The molecule has 0 radical (unpaired) electrons. The zero-order chi connectivity index (χ0) is 30.0. The lowest BCUT2D eigenvalue weighted by atomic mass is 9.80. The number of ether oxygens (including phenoxy) is 2. The number of rotatable bonds is 9. The van der Waals surface area contributed by atoms with E-state index in [1.165, 1.54) is 16.8 Å². The third kappa shape index (κ3) is 5.98. The summed E-state index contributed by atoms with van der Waals surface area (Å²) in [6, 6.07) is 32.0. The standard InChI is InChI=1S/C34H40N2O5Si/c1-33(2,3)42(4,5)41-29-23-28(40-31(29)36-22-21-30(37)35-32(36)38)24-39-34(25-15-9-6-10-16-25,26-17-11-7-12-18-26)27-19-13-8-14-20-27/h6-22,28-29,31H,23-24H2,1-5H3,(H,35,37,38)/t28-,29-,31+/m0/s1. The van der Waals surface area contributed by atoms with E-state index in [9.17, 15) is 9.59 Å². The molecule has 220 valence electrons. The lowest BCUT2D eigenvalue weighted by molar-refractivity contribution is -0.0864. The molecule has 4 aromatic rings. The Morgan fingerprint density at radius 3 is 1.79 bits per heavy atom. The molecule has 5 rings (SSSR count). The molecule has 42 heavy (non-hydrogen) atoms. The fourth-order valence-corrected chi connectivity index (χ4v) is 6.67. The third-order valence-electron chi connectivity index (χ3n) is 8.55. The molecule has 0 amide bonds. The first kappa shape index (κ1) is 29.9. The van der Waals surface area contributed by atoms with Gasteiger partial charge in [0.1, 0.15) is 5.60 Å². The van der Waals surface area contributed by atoms with E-state index in [0.29, 0.717) is 6.42 Å². The van der Waals surface area contributed by atoms with Gasteiger partial charge in [-0.2, -0.15) is 0 Å². The summed E-state index contributed by atoms with van der Waals surface area (Å²) in [5.41, 5.74) is 1.14. The van der Waals surface area contributed by atoms with Gasteiger partial charge >= 0.3 is 5.69 Å². The molecule has 0 aliphatic carbocycles. The highest BCUT2D eigenvalue weighted by Crippen LogP contribution is 2.44. The summed E-state index contributed by atoms with van der Waals surface area (Å²) in [5, 5.41) is -0.0365. The Bertz CT molecular complexity index is 1480. The van der Waals surface area contributed by atoms with E-state index < -0.39 is 31.4 Å². The Balaban J connectivity index is 1.52. The van der Waals surface area contributed by atoms with Crippen LogP contribution in [0.25, 0.3) is 0 Å². The molecule has 2 heterocycles. The van der Waals surface area contributed by atoms with Crippen molar-refractivity contribution in [2.45, 2.75) is 69.4 Å². The molecule has 3 aromatic carbocycles. The Labute approximate surface area is 248 Å². The average molecular weight is 585 g/mol. The van der Waals surface area contributed by atoms with Crippen molar-refractivity contribution >= 4 is 8.32 Å². The van der Waals surface area contributed by atoms with Crippen LogP contribution in [0.1, 0.15) is 50.1 Å². The van der Waals surface area contributed by atoms with Gasteiger partial charge in [-0.1, -0.05) is 112 Å². The zero-order valence-corrected chi connectivity index (χ0v) is 25.9. The van der Waals surface area contributed by atoms with Crippen LogP contribution in [-0.4, -0.2) is 36.7 Å². The minimum Gasteiger partial charge on any atom is -0.409 e. The Morgan fingerprint density at radius 2 is 1.33 bits per heavy atom. The summed E-state index contributed by atoms with van der Waals surface area (Å²) >= 11 is 0. The van der Waals surface area contributed by atoms with Crippen LogP contribution in [0.4, 0.5) is 0 Å². The first-order valence-corrected chi connectivity index (χ1v) is 17.4. The number of H-pyrrole nitrogens is 1. The van der Waals surface area contributed by atoms with Crippen LogP contribution in [0, 0.1) is 0 Å². The third-order valence-corrected chi connectivity index (χ3v) is 13.1. The largest absolute Gasteiger partial charge is 0.409 e. The second-order valence-corrected chi connectivity index (χ2v) is 17.2. The number of nitrogens with zero attached hydrogens (tertiary/aromatic N) is 1. The molecule has 3 atom stereocenters. The van der Waals surface area contributed by atoms with Crippen molar-refractivity contribution in [2.24, 2.45) is 0 Å². The molecule has 0 spiro atoms. The molecule has 1 aliphatic heterocycles. The van der Waals surface area contributed by atoms with Crippen molar-refractivity contribution in [2.75, 3.05) is 6.61 Å². The Kier molecular flexibility index (Phi) is 8.53. The van der Waals surface area contributed by atoms with Crippen LogP contribution in [0.15, 0.2) is 113 Å². The molecule has 8 heteroatoms. The molecule has 1 saturated heterocycles. The number of nitrogens with one attached hydrogen (secondary N) is 1. The second kappa shape index (κ2) is 12.0. The number of hydrogen-bond donors (Lipinski definition) is 1. The normalized spacial score (nSPS) is 19.6. The van der Waals surface area contributed by atoms with Crippen LogP contribution >= 0.6 is 0 Å². The summed E-state index contributed by atoms with van der Waals surface area (Å²) in [5.74, 6) is 0. The Hall–Kier alpha value is -3.56. The highest BCUT2D eigenvalue weighted by molar-refractivity contribution is 6.74. The van der Waals surface area contributed by atoms with Gasteiger partial charge in [-0.25, -0.2) is 4.79 Å². The Morgan fingerprint density at radius 1 is 0.833 bits per heavy atom. The lowest BCUT2D eigenvalue weighted by Crippen LogP contribution is -2.46. The highest BCUT2D eigenvalue weighted by atomic mass is 28.4. The minimum absolute atomic E-state index is 0.0365. The van der Waals surface area contributed by atoms with Gasteiger partial charge in [-0.3, -0.25) is 14.3 Å². The summed E-state index contributed by atoms with van der Waals surface area (Å²) < 4.78 is 21.9.